The summed E-state index contributed by atoms with van der Waals surface area (Å²) in [5, 5.41) is 22.1. The number of aliphatic hydroxyl groups is 2. The molecule has 1 aromatic heterocycles. The number of unbranched alkanes of at least 4 members (excludes halogenated alkanes) is 1. The molecule has 3 heterocycles. The molecule has 0 bridgehead atoms. The van der Waals surface area contributed by atoms with Gasteiger partial charge in [-0.1, -0.05) is 25.5 Å². The largest absolute Gasteiger partial charge is 0.497 e. The van der Waals surface area contributed by atoms with E-state index in [1.165, 1.54) is 6.26 Å². The first-order valence-electron chi connectivity index (χ1n) is 13.0. The zero-order chi connectivity index (χ0) is 26.4. The van der Waals surface area contributed by atoms with Crippen molar-refractivity contribution in [3.05, 3.63) is 54.0 Å². The summed E-state index contributed by atoms with van der Waals surface area (Å²) in [7, 11) is 1.62. The van der Waals surface area contributed by atoms with Crippen LogP contribution in [0.3, 0.4) is 0 Å². The summed E-state index contributed by atoms with van der Waals surface area (Å²) in [6, 6.07) is 10.9. The molecule has 1 aromatic carbocycles. The van der Waals surface area contributed by atoms with Gasteiger partial charge in [0.25, 0.3) is 0 Å². The minimum absolute atomic E-state index is 0.189. The molecule has 4 rings (SSSR count). The van der Waals surface area contributed by atoms with Crippen molar-refractivity contribution in [2.75, 3.05) is 20.3 Å². The molecule has 0 amide bonds. The van der Waals surface area contributed by atoms with E-state index in [0.29, 0.717) is 19.6 Å². The van der Waals surface area contributed by atoms with E-state index in [0.717, 1.165) is 24.2 Å². The Bertz CT molecular complexity index is 930. The van der Waals surface area contributed by atoms with Crippen LogP contribution >= 0.6 is 0 Å². The number of hydrogen-bond acceptors (Lipinski definition) is 9. The SMILES string of the molecule is CCCCO[C@@H]1[C@@H](OCc2ccc(OC)cc2)[C@@H]([C@H](O)[C@@H](O)c2ccco2)O[C@@H]1CC1COC(C)(C)O1. The van der Waals surface area contributed by atoms with Gasteiger partial charge in [0.15, 0.2) is 5.79 Å². The summed E-state index contributed by atoms with van der Waals surface area (Å²) >= 11 is 0. The molecule has 0 saturated carbocycles. The van der Waals surface area contributed by atoms with Crippen LogP contribution in [0, 0.1) is 0 Å². The second-order valence-electron chi connectivity index (χ2n) is 10.1. The van der Waals surface area contributed by atoms with Gasteiger partial charge in [-0.3, -0.25) is 0 Å². The van der Waals surface area contributed by atoms with Crippen molar-refractivity contribution in [3.63, 3.8) is 0 Å². The first-order chi connectivity index (χ1) is 17.8. The van der Waals surface area contributed by atoms with Gasteiger partial charge in [-0.15, -0.1) is 0 Å². The van der Waals surface area contributed by atoms with Crippen LogP contribution in [0.1, 0.15) is 57.5 Å². The van der Waals surface area contributed by atoms with Crippen LogP contribution in [-0.2, 0) is 30.3 Å². The summed E-state index contributed by atoms with van der Waals surface area (Å²) in [5.74, 6) is 0.345. The van der Waals surface area contributed by atoms with Crippen molar-refractivity contribution >= 4 is 0 Å². The van der Waals surface area contributed by atoms with E-state index in [1.54, 1.807) is 19.2 Å². The standard InChI is InChI=1S/C28H40O9/c1-5-6-13-33-25-22(15-20-17-35-28(2,3)37-20)36-26(24(30)23(29)21-8-7-14-32-21)27(25)34-16-18-9-11-19(31-4)12-10-18/h7-12,14,20,22-27,29-30H,5-6,13,15-17H2,1-4H3/t20?,22-,23+,24-,25+,26-,27-/m1/s1. The minimum Gasteiger partial charge on any atom is -0.497 e. The Balaban J connectivity index is 1.55. The Hall–Kier alpha value is -1.98. The van der Waals surface area contributed by atoms with Crippen LogP contribution < -0.4 is 4.74 Å². The van der Waals surface area contributed by atoms with E-state index in [2.05, 4.69) is 6.92 Å². The molecule has 206 valence electrons. The molecule has 1 unspecified atom stereocenters. The van der Waals surface area contributed by atoms with E-state index in [-0.39, 0.29) is 18.5 Å². The van der Waals surface area contributed by atoms with Gasteiger partial charge in [-0.2, -0.15) is 0 Å². The predicted octanol–water partition coefficient (Wildman–Crippen LogP) is 3.76. The van der Waals surface area contributed by atoms with E-state index >= 15 is 0 Å². The molecule has 2 aromatic rings. The predicted molar refractivity (Wildman–Crippen MR) is 134 cm³/mol. The highest BCUT2D eigenvalue weighted by Gasteiger charge is 2.52. The molecule has 2 aliphatic rings. The van der Waals surface area contributed by atoms with E-state index in [9.17, 15) is 10.2 Å². The summed E-state index contributed by atoms with van der Waals surface area (Å²) in [6.45, 7) is 7.10. The van der Waals surface area contributed by atoms with Gasteiger partial charge in [0, 0.05) is 13.0 Å². The summed E-state index contributed by atoms with van der Waals surface area (Å²) in [4.78, 5) is 0. The Morgan fingerprint density at radius 1 is 1.08 bits per heavy atom. The maximum Gasteiger partial charge on any atom is 0.163 e. The molecule has 37 heavy (non-hydrogen) atoms. The molecular weight excluding hydrogens is 480 g/mol. The van der Waals surface area contributed by atoms with Crippen LogP contribution in [0.5, 0.6) is 5.75 Å². The lowest BCUT2D eigenvalue weighted by molar-refractivity contribution is -0.148. The summed E-state index contributed by atoms with van der Waals surface area (Å²) < 4.78 is 41.5. The average Bonchev–Trinajstić information content (AvgIpc) is 3.62. The van der Waals surface area contributed by atoms with Gasteiger partial charge in [-0.25, -0.2) is 0 Å². The number of methoxy groups -OCH3 is 1. The molecule has 0 spiro atoms. The zero-order valence-electron chi connectivity index (χ0n) is 22.1. The molecule has 2 saturated heterocycles. The topological polar surface area (TPSA) is 109 Å². The monoisotopic (exact) mass is 520 g/mol. The first-order valence-corrected chi connectivity index (χ1v) is 13.0. The number of furan rings is 1. The Morgan fingerprint density at radius 2 is 1.86 bits per heavy atom. The number of hydrogen-bond donors (Lipinski definition) is 2. The molecule has 0 aliphatic carbocycles. The van der Waals surface area contributed by atoms with Crippen LogP contribution in [0.15, 0.2) is 47.1 Å². The highest BCUT2D eigenvalue weighted by molar-refractivity contribution is 5.26. The highest BCUT2D eigenvalue weighted by atomic mass is 16.7. The van der Waals surface area contributed by atoms with Crippen LogP contribution in [-0.4, -0.2) is 72.9 Å². The number of rotatable bonds is 13. The molecule has 2 fully saturated rings. The Morgan fingerprint density at radius 3 is 2.49 bits per heavy atom. The fourth-order valence-corrected chi connectivity index (χ4v) is 4.84. The first kappa shape index (κ1) is 28.0. The van der Waals surface area contributed by atoms with E-state index in [1.807, 2.05) is 38.1 Å². The van der Waals surface area contributed by atoms with Gasteiger partial charge in [-0.05, 0) is 50.1 Å². The highest BCUT2D eigenvalue weighted by Crippen LogP contribution is 2.37. The smallest absolute Gasteiger partial charge is 0.163 e. The van der Waals surface area contributed by atoms with Crippen molar-refractivity contribution in [2.24, 2.45) is 0 Å². The van der Waals surface area contributed by atoms with Crippen molar-refractivity contribution in [2.45, 2.75) is 95.2 Å². The van der Waals surface area contributed by atoms with Crippen LogP contribution in [0.2, 0.25) is 0 Å². The molecule has 2 N–H and O–H groups in total. The molecular formula is C28H40O9. The van der Waals surface area contributed by atoms with Gasteiger partial charge >= 0.3 is 0 Å². The van der Waals surface area contributed by atoms with Gasteiger partial charge in [0.05, 0.1) is 38.8 Å². The normalized spacial score (nSPS) is 28.9. The molecule has 9 heteroatoms. The lowest BCUT2D eigenvalue weighted by atomic mass is 9.97. The van der Waals surface area contributed by atoms with Gasteiger partial charge in [0.2, 0.25) is 0 Å². The quantitative estimate of drug-likeness (QED) is 0.382. The third-order valence-corrected chi connectivity index (χ3v) is 6.81. The fraction of sp³-hybridized carbons (Fsp3) is 0.643. The summed E-state index contributed by atoms with van der Waals surface area (Å²) in [5.41, 5.74) is 0.936. The maximum atomic E-state index is 11.2. The second-order valence-corrected chi connectivity index (χ2v) is 10.1. The average molecular weight is 521 g/mol. The molecule has 0 radical (unpaired) electrons. The van der Waals surface area contributed by atoms with Crippen molar-refractivity contribution in [1.82, 2.24) is 0 Å². The maximum absolute atomic E-state index is 11.2. The Labute approximate surface area is 218 Å². The van der Waals surface area contributed by atoms with E-state index < -0.39 is 42.4 Å². The zero-order valence-corrected chi connectivity index (χ0v) is 22.1. The van der Waals surface area contributed by atoms with Gasteiger partial charge < -0.3 is 43.1 Å². The van der Waals surface area contributed by atoms with Crippen molar-refractivity contribution in [3.8, 4) is 5.75 Å². The molecule has 7 atom stereocenters. The third-order valence-electron chi connectivity index (χ3n) is 6.81. The number of aliphatic hydroxyl groups excluding tert-OH is 2. The number of ether oxygens (including phenoxy) is 6. The number of benzene rings is 1. The second kappa shape index (κ2) is 12.7. The third kappa shape index (κ3) is 7.11. The lowest BCUT2D eigenvalue weighted by Gasteiger charge is -2.28. The molecule has 9 nitrogen and oxygen atoms in total. The van der Waals surface area contributed by atoms with Crippen molar-refractivity contribution in [1.29, 1.82) is 0 Å². The van der Waals surface area contributed by atoms with Crippen molar-refractivity contribution < 1.29 is 43.1 Å². The molecule has 2 aliphatic heterocycles. The van der Waals surface area contributed by atoms with Crippen LogP contribution in [0.4, 0.5) is 0 Å². The lowest BCUT2D eigenvalue weighted by Crippen LogP contribution is -2.44. The summed E-state index contributed by atoms with van der Waals surface area (Å²) in [6.07, 6.45) is -1.35. The van der Waals surface area contributed by atoms with Gasteiger partial charge in [0.1, 0.15) is 42.0 Å². The minimum atomic E-state index is -1.30. The fourth-order valence-electron chi connectivity index (χ4n) is 4.84. The Kier molecular flexibility index (Phi) is 9.63. The van der Waals surface area contributed by atoms with Crippen LogP contribution in [0.25, 0.3) is 0 Å². The van der Waals surface area contributed by atoms with E-state index in [4.69, 9.17) is 32.8 Å².